The number of hydrogen-bond acceptors (Lipinski definition) is 3. The highest BCUT2D eigenvalue weighted by atomic mass is 32.2. The summed E-state index contributed by atoms with van der Waals surface area (Å²) in [7, 11) is -1.56. The molecule has 0 unspecified atom stereocenters. The van der Waals surface area contributed by atoms with Gasteiger partial charge in [0.2, 0.25) is 5.91 Å². The van der Waals surface area contributed by atoms with Gasteiger partial charge in [0.15, 0.2) is 9.84 Å². The number of hydrogen-bond donors (Lipinski definition) is 1. The zero-order valence-corrected chi connectivity index (χ0v) is 12.8. The van der Waals surface area contributed by atoms with E-state index in [2.05, 4.69) is 5.32 Å². The lowest BCUT2D eigenvalue weighted by Crippen LogP contribution is -2.19. The average molecular weight is 303 g/mol. The number of sulfone groups is 1. The molecule has 0 saturated carbocycles. The van der Waals surface area contributed by atoms with Crippen LogP contribution in [0.15, 0.2) is 53.4 Å². The Morgan fingerprint density at radius 1 is 0.952 bits per heavy atom. The van der Waals surface area contributed by atoms with E-state index < -0.39 is 9.84 Å². The molecule has 5 heteroatoms. The second kappa shape index (κ2) is 6.10. The van der Waals surface area contributed by atoms with E-state index in [-0.39, 0.29) is 5.91 Å². The molecule has 2 rings (SSSR count). The molecule has 21 heavy (non-hydrogen) atoms. The summed E-state index contributed by atoms with van der Waals surface area (Å²) in [5.41, 5.74) is 2.86. The minimum absolute atomic E-state index is 0.0275. The molecule has 0 heterocycles. The van der Waals surface area contributed by atoms with Crippen LogP contribution in [-0.2, 0) is 21.1 Å². The molecule has 0 aliphatic heterocycles. The maximum atomic E-state index is 11.4. The van der Waals surface area contributed by atoms with Crippen LogP contribution < -0.4 is 5.32 Å². The molecule has 0 spiro atoms. The number of carbonyl (C=O) groups excluding carboxylic acids is 1. The van der Waals surface area contributed by atoms with Crippen molar-refractivity contribution in [3.05, 3.63) is 54.1 Å². The lowest BCUT2D eigenvalue weighted by atomic mass is 10.0. The zero-order chi connectivity index (χ0) is 15.5. The molecule has 0 radical (unpaired) electrons. The molecule has 1 amide bonds. The van der Waals surface area contributed by atoms with E-state index in [0.29, 0.717) is 11.3 Å². The highest BCUT2D eigenvalue weighted by molar-refractivity contribution is 7.90. The van der Waals surface area contributed by atoms with Gasteiger partial charge in [0.25, 0.3) is 0 Å². The van der Waals surface area contributed by atoms with Crippen molar-refractivity contribution >= 4 is 15.7 Å². The molecule has 0 aliphatic rings. The Hall–Kier alpha value is -2.14. The standard InChI is InChI=1S/C16H17NO3S/c1-17-16(18)11-12-3-5-13(6-4-12)14-7-9-15(10-8-14)21(2,19)20/h3-10H,11H2,1-2H3,(H,17,18). The fourth-order valence-corrected chi connectivity index (χ4v) is 2.61. The third-order valence-corrected chi connectivity index (χ3v) is 4.34. The molecule has 0 atom stereocenters. The van der Waals surface area contributed by atoms with Gasteiger partial charge in [-0.2, -0.15) is 0 Å². The first-order valence-electron chi connectivity index (χ1n) is 6.50. The van der Waals surface area contributed by atoms with Crippen LogP contribution in [0.3, 0.4) is 0 Å². The Morgan fingerprint density at radius 2 is 1.43 bits per heavy atom. The zero-order valence-electron chi connectivity index (χ0n) is 12.0. The molecule has 0 aromatic heterocycles. The Morgan fingerprint density at radius 3 is 1.86 bits per heavy atom. The third kappa shape index (κ3) is 3.92. The first-order chi connectivity index (χ1) is 9.90. The number of benzene rings is 2. The number of nitrogens with one attached hydrogen (secondary N) is 1. The predicted molar refractivity (Wildman–Crippen MR) is 82.8 cm³/mol. The summed E-state index contributed by atoms with van der Waals surface area (Å²) >= 11 is 0. The molecule has 0 aliphatic carbocycles. The van der Waals surface area contributed by atoms with E-state index in [9.17, 15) is 13.2 Å². The minimum atomic E-state index is -3.17. The molecular weight excluding hydrogens is 286 g/mol. The molecule has 2 aromatic rings. The fourth-order valence-electron chi connectivity index (χ4n) is 1.98. The summed E-state index contributed by atoms with van der Waals surface area (Å²) in [5.74, 6) is -0.0275. The van der Waals surface area contributed by atoms with Crippen LogP contribution in [0.1, 0.15) is 5.56 Å². The van der Waals surface area contributed by atoms with Crippen molar-refractivity contribution < 1.29 is 13.2 Å². The van der Waals surface area contributed by atoms with Gasteiger partial charge in [0.05, 0.1) is 11.3 Å². The van der Waals surface area contributed by atoms with Gasteiger partial charge in [-0.25, -0.2) is 8.42 Å². The molecule has 1 N–H and O–H groups in total. The van der Waals surface area contributed by atoms with Crippen LogP contribution in [0.25, 0.3) is 11.1 Å². The molecule has 110 valence electrons. The van der Waals surface area contributed by atoms with E-state index >= 15 is 0 Å². The first kappa shape index (κ1) is 15.3. The highest BCUT2D eigenvalue weighted by Crippen LogP contribution is 2.22. The van der Waals surface area contributed by atoms with Crippen LogP contribution in [0, 0.1) is 0 Å². The van der Waals surface area contributed by atoms with Gasteiger partial charge >= 0.3 is 0 Å². The first-order valence-corrected chi connectivity index (χ1v) is 8.39. The van der Waals surface area contributed by atoms with E-state index in [0.717, 1.165) is 16.7 Å². The van der Waals surface area contributed by atoms with E-state index in [4.69, 9.17) is 0 Å². The largest absolute Gasteiger partial charge is 0.359 e. The van der Waals surface area contributed by atoms with Crippen LogP contribution >= 0.6 is 0 Å². The Labute approximate surface area is 124 Å². The quantitative estimate of drug-likeness (QED) is 0.940. The lowest BCUT2D eigenvalue weighted by molar-refractivity contribution is -0.119. The maximum absolute atomic E-state index is 11.4. The van der Waals surface area contributed by atoms with Gasteiger partial charge in [0, 0.05) is 13.3 Å². The number of amides is 1. The molecule has 0 bridgehead atoms. The predicted octanol–water partition coefficient (Wildman–Crippen LogP) is 2.05. The van der Waals surface area contributed by atoms with Crippen molar-refractivity contribution in [1.29, 1.82) is 0 Å². The third-order valence-electron chi connectivity index (χ3n) is 3.21. The number of carbonyl (C=O) groups is 1. The SMILES string of the molecule is CNC(=O)Cc1ccc(-c2ccc(S(C)(=O)=O)cc2)cc1. The smallest absolute Gasteiger partial charge is 0.224 e. The molecule has 2 aromatic carbocycles. The maximum Gasteiger partial charge on any atom is 0.224 e. The van der Waals surface area contributed by atoms with E-state index in [1.807, 2.05) is 24.3 Å². The summed E-state index contributed by atoms with van der Waals surface area (Å²) < 4.78 is 22.8. The van der Waals surface area contributed by atoms with Crippen LogP contribution in [-0.4, -0.2) is 27.6 Å². The summed E-state index contributed by atoms with van der Waals surface area (Å²) in [6.07, 6.45) is 1.54. The molecule has 0 fully saturated rings. The monoisotopic (exact) mass is 303 g/mol. The van der Waals surface area contributed by atoms with E-state index in [1.54, 1.807) is 31.3 Å². The van der Waals surface area contributed by atoms with Gasteiger partial charge in [-0.1, -0.05) is 36.4 Å². The Bertz CT molecular complexity index is 732. The number of rotatable bonds is 4. The van der Waals surface area contributed by atoms with Gasteiger partial charge in [-0.15, -0.1) is 0 Å². The summed E-state index contributed by atoms with van der Waals surface area (Å²) in [5, 5.41) is 2.58. The Balaban J connectivity index is 2.21. The van der Waals surface area contributed by atoms with Crippen molar-refractivity contribution in [3.63, 3.8) is 0 Å². The fraction of sp³-hybridized carbons (Fsp3) is 0.188. The second-order valence-electron chi connectivity index (χ2n) is 4.84. The van der Waals surface area contributed by atoms with Crippen LogP contribution in [0.5, 0.6) is 0 Å². The minimum Gasteiger partial charge on any atom is -0.359 e. The van der Waals surface area contributed by atoms with Crippen LogP contribution in [0.2, 0.25) is 0 Å². The summed E-state index contributed by atoms with van der Waals surface area (Å²) in [4.78, 5) is 11.6. The topological polar surface area (TPSA) is 63.2 Å². The van der Waals surface area contributed by atoms with Gasteiger partial charge in [-0.05, 0) is 28.8 Å². The van der Waals surface area contributed by atoms with Crippen molar-refractivity contribution in [3.8, 4) is 11.1 Å². The van der Waals surface area contributed by atoms with Crippen molar-refractivity contribution in [2.75, 3.05) is 13.3 Å². The van der Waals surface area contributed by atoms with Gasteiger partial charge in [-0.3, -0.25) is 4.79 Å². The molecule has 0 saturated heterocycles. The van der Waals surface area contributed by atoms with Crippen molar-refractivity contribution in [1.82, 2.24) is 5.32 Å². The molecule has 4 nitrogen and oxygen atoms in total. The average Bonchev–Trinajstić information content (AvgIpc) is 2.47. The van der Waals surface area contributed by atoms with Crippen LogP contribution in [0.4, 0.5) is 0 Å². The second-order valence-corrected chi connectivity index (χ2v) is 6.86. The normalized spacial score (nSPS) is 11.1. The summed E-state index contributed by atoms with van der Waals surface area (Å²) in [6, 6.07) is 14.4. The van der Waals surface area contributed by atoms with Gasteiger partial charge < -0.3 is 5.32 Å². The highest BCUT2D eigenvalue weighted by Gasteiger charge is 2.07. The van der Waals surface area contributed by atoms with Gasteiger partial charge in [0.1, 0.15) is 0 Å². The van der Waals surface area contributed by atoms with Crippen molar-refractivity contribution in [2.45, 2.75) is 11.3 Å². The van der Waals surface area contributed by atoms with E-state index in [1.165, 1.54) is 6.26 Å². The number of likely N-dealkylation sites (N-methyl/N-ethyl adjacent to an activating group) is 1. The molecular formula is C16H17NO3S. The lowest BCUT2D eigenvalue weighted by Gasteiger charge is -2.05. The summed E-state index contributed by atoms with van der Waals surface area (Å²) in [6.45, 7) is 0. The Kier molecular flexibility index (Phi) is 4.43. The van der Waals surface area contributed by atoms with Crippen molar-refractivity contribution in [2.24, 2.45) is 0 Å².